The first kappa shape index (κ1) is 18.9. The van der Waals surface area contributed by atoms with Crippen molar-refractivity contribution < 1.29 is 9.22 Å². The summed E-state index contributed by atoms with van der Waals surface area (Å²) in [5, 5.41) is 1.39. The summed E-state index contributed by atoms with van der Waals surface area (Å²) in [6, 6.07) is 10.6. The van der Waals surface area contributed by atoms with Gasteiger partial charge in [-0.1, -0.05) is 61.6 Å². The minimum atomic E-state index is -1.86. The lowest BCUT2D eigenvalue weighted by atomic mass is 10.0. The Hall–Kier alpha value is -1.14. The zero-order valence-corrected chi connectivity index (χ0v) is 16.8. The Morgan fingerprint density at radius 3 is 2.18 bits per heavy atom. The lowest BCUT2D eigenvalue weighted by Gasteiger charge is -2.36. The average Bonchev–Trinajstić information content (AvgIpc) is 2.43. The van der Waals surface area contributed by atoms with Crippen LogP contribution in [0.4, 0.5) is 0 Å². The maximum Gasteiger partial charge on any atom is 0.295 e. The normalized spacial score (nSPS) is 15.0. The highest BCUT2D eigenvalue weighted by molar-refractivity contribution is 6.91. The van der Waals surface area contributed by atoms with E-state index in [1.54, 1.807) is 0 Å². The third-order valence-corrected chi connectivity index (χ3v) is 9.70. The van der Waals surface area contributed by atoms with E-state index in [-0.39, 0.29) is 11.9 Å². The lowest BCUT2D eigenvalue weighted by Crippen LogP contribution is -2.49. The highest BCUT2D eigenvalue weighted by Crippen LogP contribution is 2.33. The fraction of sp³-hybridized carbons (Fsp3) is 0.500. The van der Waals surface area contributed by atoms with Crippen LogP contribution in [0, 0.1) is 5.92 Å². The van der Waals surface area contributed by atoms with Crippen LogP contribution in [0.5, 0.6) is 0 Å². The van der Waals surface area contributed by atoms with Crippen LogP contribution in [0.1, 0.15) is 13.3 Å². The molecule has 0 saturated heterocycles. The fourth-order valence-corrected chi connectivity index (χ4v) is 6.31. The monoisotopic (exact) mass is 334 g/mol. The van der Waals surface area contributed by atoms with Gasteiger partial charge in [0.05, 0.1) is 14.0 Å². The van der Waals surface area contributed by atoms with Crippen molar-refractivity contribution in [2.24, 2.45) is 5.92 Å². The maximum absolute atomic E-state index is 12.7. The number of allylic oxidation sites excluding steroid dienone is 1. The Bertz CT molecular complexity index is 504. The van der Waals surface area contributed by atoms with Gasteiger partial charge in [-0.3, -0.25) is 4.79 Å². The van der Waals surface area contributed by atoms with Gasteiger partial charge in [0.15, 0.2) is 0 Å². The second kappa shape index (κ2) is 7.42. The van der Waals surface area contributed by atoms with Crippen LogP contribution in [0.3, 0.4) is 0 Å². The molecule has 0 spiro atoms. The molecule has 0 bridgehead atoms. The number of hydrogen-bond acceptors (Lipinski definition) is 2. The zero-order valence-electron chi connectivity index (χ0n) is 14.8. The van der Waals surface area contributed by atoms with E-state index in [2.05, 4.69) is 70.5 Å². The van der Waals surface area contributed by atoms with Crippen molar-refractivity contribution in [1.82, 2.24) is 0 Å². The van der Waals surface area contributed by atoms with E-state index in [1.165, 1.54) is 5.19 Å². The SMILES string of the molecule is C=CC[C@H](C(=O)O[Si](C)(C)C)[C@H](C)[Si](C)(C)c1ccccc1. The Morgan fingerprint density at radius 2 is 1.73 bits per heavy atom. The van der Waals surface area contributed by atoms with E-state index >= 15 is 0 Å². The first-order valence-corrected chi connectivity index (χ1v) is 14.5. The van der Waals surface area contributed by atoms with Gasteiger partial charge in [0.1, 0.15) is 0 Å². The summed E-state index contributed by atoms with van der Waals surface area (Å²) >= 11 is 0. The zero-order chi connectivity index (χ0) is 17.0. The molecular formula is C18H30O2Si2. The summed E-state index contributed by atoms with van der Waals surface area (Å²) in [4.78, 5) is 12.7. The molecule has 4 heteroatoms. The van der Waals surface area contributed by atoms with Gasteiger partial charge in [0.25, 0.3) is 5.97 Å². The van der Waals surface area contributed by atoms with Crippen LogP contribution in [0.2, 0.25) is 38.3 Å². The quantitative estimate of drug-likeness (QED) is 0.539. The Kier molecular flexibility index (Phi) is 6.38. The van der Waals surface area contributed by atoms with Crippen molar-refractivity contribution in [2.75, 3.05) is 0 Å². The van der Waals surface area contributed by atoms with Gasteiger partial charge >= 0.3 is 0 Å². The van der Waals surface area contributed by atoms with Crippen LogP contribution in [-0.4, -0.2) is 22.4 Å². The molecule has 0 aliphatic carbocycles. The van der Waals surface area contributed by atoms with E-state index in [9.17, 15) is 4.79 Å². The van der Waals surface area contributed by atoms with E-state index in [1.807, 2.05) is 12.1 Å². The van der Waals surface area contributed by atoms with Gasteiger partial charge in [-0.25, -0.2) is 0 Å². The van der Waals surface area contributed by atoms with E-state index in [0.717, 1.165) is 0 Å². The molecule has 1 aromatic carbocycles. The van der Waals surface area contributed by atoms with Crippen molar-refractivity contribution in [3.05, 3.63) is 43.0 Å². The van der Waals surface area contributed by atoms with Gasteiger partial charge in [-0.2, -0.15) is 0 Å². The van der Waals surface area contributed by atoms with E-state index in [0.29, 0.717) is 12.0 Å². The second-order valence-electron chi connectivity index (χ2n) is 7.54. The molecule has 0 fully saturated rings. The summed E-state index contributed by atoms with van der Waals surface area (Å²) in [7, 11) is -3.62. The molecule has 1 aromatic rings. The van der Waals surface area contributed by atoms with E-state index < -0.39 is 16.4 Å². The smallest absolute Gasteiger partial charge is 0.295 e. The molecule has 0 aliphatic heterocycles. The predicted molar refractivity (Wildman–Crippen MR) is 101 cm³/mol. The van der Waals surface area contributed by atoms with Crippen molar-refractivity contribution in [1.29, 1.82) is 0 Å². The molecular weight excluding hydrogens is 304 g/mol. The number of rotatable bonds is 7. The highest BCUT2D eigenvalue weighted by Gasteiger charge is 2.40. The fourth-order valence-electron chi connectivity index (χ4n) is 2.70. The number of carbonyl (C=O) groups is 1. The maximum atomic E-state index is 12.7. The Labute approximate surface area is 137 Å². The van der Waals surface area contributed by atoms with Crippen LogP contribution < -0.4 is 5.19 Å². The molecule has 0 amide bonds. The van der Waals surface area contributed by atoms with Crippen LogP contribution >= 0.6 is 0 Å². The van der Waals surface area contributed by atoms with Crippen molar-refractivity contribution in [2.45, 2.75) is 51.6 Å². The van der Waals surface area contributed by atoms with Crippen molar-refractivity contribution in [3.63, 3.8) is 0 Å². The van der Waals surface area contributed by atoms with Crippen LogP contribution in [0.25, 0.3) is 0 Å². The average molecular weight is 335 g/mol. The summed E-state index contributed by atoms with van der Waals surface area (Å²) in [5.41, 5.74) is 0.303. The highest BCUT2D eigenvalue weighted by atomic mass is 28.4. The minimum absolute atomic E-state index is 0.0388. The largest absolute Gasteiger partial charge is 0.520 e. The lowest BCUT2D eigenvalue weighted by molar-refractivity contribution is -0.139. The molecule has 2 atom stereocenters. The van der Waals surface area contributed by atoms with Crippen LogP contribution in [0.15, 0.2) is 43.0 Å². The Balaban J connectivity index is 3.04. The third kappa shape index (κ3) is 4.95. The number of benzene rings is 1. The standard InChI is InChI=1S/C18H30O2Si2/c1-8-12-17(18(19)20-21(3,4)5)15(2)22(6,7)16-13-10-9-11-14-16/h8-11,13-15,17H,1,12H2,2-7H3/t15-,17-/m0/s1. The van der Waals surface area contributed by atoms with E-state index in [4.69, 9.17) is 4.43 Å². The molecule has 2 nitrogen and oxygen atoms in total. The van der Waals surface area contributed by atoms with Crippen LogP contribution in [-0.2, 0) is 9.22 Å². The van der Waals surface area contributed by atoms with Crippen molar-refractivity contribution >= 4 is 27.5 Å². The minimum Gasteiger partial charge on any atom is -0.520 e. The number of hydrogen-bond donors (Lipinski definition) is 0. The predicted octanol–water partition coefficient (Wildman–Crippen LogP) is 4.56. The van der Waals surface area contributed by atoms with Gasteiger partial charge in [-0.15, -0.1) is 6.58 Å². The summed E-state index contributed by atoms with van der Waals surface area (Å²) in [6.45, 7) is 16.9. The first-order chi connectivity index (χ1) is 10.1. The molecule has 0 aliphatic rings. The molecule has 1 rings (SSSR count). The van der Waals surface area contributed by atoms with Gasteiger partial charge < -0.3 is 4.43 Å². The molecule has 0 N–H and O–H groups in total. The summed E-state index contributed by atoms with van der Waals surface area (Å²) < 4.78 is 5.78. The molecule has 0 unspecified atom stereocenters. The second-order valence-corrected chi connectivity index (χ2v) is 16.9. The summed E-state index contributed by atoms with van der Waals surface area (Å²) in [5.74, 6) is -0.130. The van der Waals surface area contributed by atoms with Crippen molar-refractivity contribution in [3.8, 4) is 0 Å². The molecule has 0 heterocycles. The third-order valence-electron chi connectivity index (χ3n) is 4.39. The van der Waals surface area contributed by atoms with Gasteiger partial charge in [-0.05, 0) is 31.6 Å². The molecule has 0 aromatic heterocycles. The van der Waals surface area contributed by atoms with Gasteiger partial charge in [0, 0.05) is 0 Å². The molecule has 22 heavy (non-hydrogen) atoms. The topological polar surface area (TPSA) is 26.3 Å². The molecule has 122 valence electrons. The first-order valence-electron chi connectivity index (χ1n) is 7.99. The summed E-state index contributed by atoms with van der Waals surface area (Å²) in [6.07, 6.45) is 2.54. The number of carbonyl (C=O) groups excluding carboxylic acids is 1. The molecule has 0 radical (unpaired) electrons. The van der Waals surface area contributed by atoms with Gasteiger partial charge in [0.2, 0.25) is 8.32 Å². The Morgan fingerprint density at radius 1 is 1.18 bits per heavy atom. The molecule has 0 saturated carbocycles.